The Kier molecular flexibility index (Phi) is 5.38. The lowest BCUT2D eigenvalue weighted by molar-refractivity contribution is 0.199. The molecule has 0 aromatic heterocycles. The number of aliphatic hydroxyl groups is 2. The molecule has 1 aliphatic rings. The fraction of sp³-hybridized carbons (Fsp3) is 0.625. The topological polar surface area (TPSA) is 43.7 Å². The van der Waals surface area contributed by atoms with E-state index in [1.807, 2.05) is 4.90 Å². The first-order chi connectivity index (χ1) is 9.63. The summed E-state index contributed by atoms with van der Waals surface area (Å²) in [5, 5.41) is 18.8. The molecule has 2 N–H and O–H groups in total. The van der Waals surface area contributed by atoms with Gasteiger partial charge in [-0.2, -0.15) is 0 Å². The van der Waals surface area contributed by atoms with Crippen LogP contribution in [0, 0.1) is 5.82 Å². The average Bonchev–Trinajstić information content (AvgIpc) is 2.46. The largest absolute Gasteiger partial charge is 0.395 e. The van der Waals surface area contributed by atoms with Crippen molar-refractivity contribution in [1.82, 2.24) is 0 Å². The van der Waals surface area contributed by atoms with Crippen LogP contribution in [-0.4, -0.2) is 29.4 Å². The predicted molar refractivity (Wildman–Crippen MR) is 78.3 cm³/mol. The zero-order chi connectivity index (χ0) is 14.5. The third kappa shape index (κ3) is 3.49. The average molecular weight is 281 g/mol. The van der Waals surface area contributed by atoms with Crippen molar-refractivity contribution in [2.75, 3.05) is 18.1 Å². The third-order valence-corrected chi connectivity index (χ3v) is 4.12. The summed E-state index contributed by atoms with van der Waals surface area (Å²) in [6.45, 7) is 2.10. The Bertz CT molecular complexity index is 430. The molecule has 0 saturated heterocycles. The van der Waals surface area contributed by atoms with E-state index in [4.69, 9.17) is 0 Å². The first-order valence-corrected chi connectivity index (χ1v) is 7.48. The van der Waals surface area contributed by atoms with E-state index in [2.05, 4.69) is 0 Å². The number of benzene rings is 1. The molecule has 0 bridgehead atoms. The van der Waals surface area contributed by atoms with E-state index in [1.165, 1.54) is 25.3 Å². The quantitative estimate of drug-likeness (QED) is 0.872. The number of rotatable bonds is 5. The normalized spacial score (nSPS) is 18.0. The Hall–Kier alpha value is -1.13. The van der Waals surface area contributed by atoms with Crippen molar-refractivity contribution >= 4 is 5.69 Å². The van der Waals surface area contributed by atoms with E-state index in [1.54, 1.807) is 19.1 Å². The van der Waals surface area contributed by atoms with Gasteiger partial charge in [-0.05, 0) is 37.5 Å². The molecule has 0 aliphatic heterocycles. The second-order valence-corrected chi connectivity index (χ2v) is 5.60. The fourth-order valence-electron chi connectivity index (χ4n) is 3.02. The highest BCUT2D eigenvalue weighted by Gasteiger charge is 2.23. The Morgan fingerprint density at radius 3 is 2.55 bits per heavy atom. The predicted octanol–water partition coefficient (Wildman–Crippen LogP) is 3.01. The Balaban J connectivity index is 2.24. The van der Waals surface area contributed by atoms with Crippen molar-refractivity contribution in [3.05, 3.63) is 29.6 Å². The van der Waals surface area contributed by atoms with Gasteiger partial charge >= 0.3 is 0 Å². The smallest absolute Gasteiger partial charge is 0.146 e. The minimum absolute atomic E-state index is 0.0219. The summed E-state index contributed by atoms with van der Waals surface area (Å²) in [5.74, 6) is -0.317. The lowest BCUT2D eigenvalue weighted by Crippen LogP contribution is -2.39. The lowest BCUT2D eigenvalue weighted by atomic mass is 9.93. The maximum Gasteiger partial charge on any atom is 0.146 e. The summed E-state index contributed by atoms with van der Waals surface area (Å²) in [6, 6.07) is 5.19. The molecule has 0 spiro atoms. The van der Waals surface area contributed by atoms with Crippen molar-refractivity contribution < 1.29 is 14.6 Å². The molecular weight excluding hydrogens is 257 g/mol. The van der Waals surface area contributed by atoms with Crippen molar-refractivity contribution in [1.29, 1.82) is 0 Å². The second kappa shape index (κ2) is 7.04. The van der Waals surface area contributed by atoms with Gasteiger partial charge in [-0.15, -0.1) is 0 Å². The van der Waals surface area contributed by atoms with Crippen LogP contribution in [-0.2, 0) is 0 Å². The van der Waals surface area contributed by atoms with E-state index < -0.39 is 6.10 Å². The van der Waals surface area contributed by atoms with E-state index in [0.29, 0.717) is 23.8 Å². The Morgan fingerprint density at radius 2 is 2.00 bits per heavy atom. The molecule has 1 aliphatic carbocycles. The van der Waals surface area contributed by atoms with Gasteiger partial charge in [0.2, 0.25) is 0 Å². The SMILES string of the molecule is CC(O)c1ccc(N(CCO)C2CCCCC2)c(F)c1. The van der Waals surface area contributed by atoms with Gasteiger partial charge in [-0.3, -0.25) is 0 Å². The summed E-state index contributed by atoms with van der Waals surface area (Å²) in [6.07, 6.45) is 5.02. The van der Waals surface area contributed by atoms with E-state index in [0.717, 1.165) is 12.8 Å². The van der Waals surface area contributed by atoms with Crippen molar-refractivity contribution in [2.45, 2.75) is 51.2 Å². The molecule has 1 atom stereocenters. The molecule has 1 saturated carbocycles. The zero-order valence-corrected chi connectivity index (χ0v) is 12.1. The number of nitrogens with zero attached hydrogens (tertiary/aromatic N) is 1. The summed E-state index contributed by atoms with van der Waals surface area (Å²) in [4.78, 5) is 1.99. The third-order valence-electron chi connectivity index (χ3n) is 4.12. The van der Waals surface area contributed by atoms with E-state index in [-0.39, 0.29) is 12.4 Å². The van der Waals surface area contributed by atoms with E-state index in [9.17, 15) is 14.6 Å². The van der Waals surface area contributed by atoms with Gasteiger partial charge in [-0.1, -0.05) is 25.3 Å². The molecular formula is C16H24FNO2. The van der Waals surface area contributed by atoms with Gasteiger partial charge in [0.1, 0.15) is 5.82 Å². The minimum Gasteiger partial charge on any atom is -0.395 e. The van der Waals surface area contributed by atoms with Crippen LogP contribution in [0.1, 0.15) is 50.7 Å². The standard InChI is InChI=1S/C16H24FNO2/c1-12(20)13-7-8-16(15(17)11-13)18(9-10-19)14-5-3-2-4-6-14/h7-8,11-12,14,19-20H,2-6,9-10H2,1H3. The molecule has 0 heterocycles. The lowest BCUT2D eigenvalue weighted by Gasteiger charge is -2.36. The molecule has 0 radical (unpaired) electrons. The van der Waals surface area contributed by atoms with Crippen LogP contribution < -0.4 is 4.90 Å². The van der Waals surface area contributed by atoms with Crippen molar-refractivity contribution in [3.8, 4) is 0 Å². The number of aliphatic hydroxyl groups excluding tert-OH is 2. The first kappa shape index (κ1) is 15.3. The molecule has 1 fully saturated rings. The Morgan fingerprint density at radius 1 is 1.30 bits per heavy atom. The van der Waals surface area contributed by atoms with Gasteiger partial charge in [0, 0.05) is 12.6 Å². The molecule has 0 amide bonds. The second-order valence-electron chi connectivity index (χ2n) is 5.60. The minimum atomic E-state index is -0.667. The van der Waals surface area contributed by atoms with Crippen LogP contribution in [0.3, 0.4) is 0 Å². The highest BCUT2D eigenvalue weighted by atomic mass is 19.1. The molecule has 2 rings (SSSR count). The number of anilines is 1. The van der Waals surface area contributed by atoms with Crippen LogP contribution in [0.4, 0.5) is 10.1 Å². The van der Waals surface area contributed by atoms with Crippen LogP contribution in [0.5, 0.6) is 0 Å². The summed E-state index contributed by atoms with van der Waals surface area (Å²) < 4.78 is 14.3. The van der Waals surface area contributed by atoms with E-state index >= 15 is 0 Å². The highest BCUT2D eigenvalue weighted by Crippen LogP contribution is 2.30. The molecule has 4 heteroatoms. The summed E-state index contributed by atoms with van der Waals surface area (Å²) >= 11 is 0. The maximum absolute atomic E-state index is 14.3. The van der Waals surface area contributed by atoms with Gasteiger partial charge in [0.05, 0.1) is 18.4 Å². The monoisotopic (exact) mass is 281 g/mol. The first-order valence-electron chi connectivity index (χ1n) is 7.48. The molecule has 1 aromatic carbocycles. The fourth-order valence-corrected chi connectivity index (χ4v) is 3.02. The van der Waals surface area contributed by atoms with Gasteiger partial charge in [-0.25, -0.2) is 4.39 Å². The number of hydrogen-bond acceptors (Lipinski definition) is 3. The number of halogens is 1. The molecule has 112 valence electrons. The van der Waals surface area contributed by atoms with Crippen LogP contribution in [0.2, 0.25) is 0 Å². The van der Waals surface area contributed by atoms with Crippen LogP contribution >= 0.6 is 0 Å². The van der Waals surface area contributed by atoms with Gasteiger partial charge in [0.15, 0.2) is 0 Å². The molecule has 20 heavy (non-hydrogen) atoms. The molecule has 1 unspecified atom stereocenters. The van der Waals surface area contributed by atoms with Gasteiger partial charge < -0.3 is 15.1 Å². The summed E-state index contributed by atoms with van der Waals surface area (Å²) in [7, 11) is 0. The molecule has 1 aromatic rings. The van der Waals surface area contributed by atoms with Crippen molar-refractivity contribution in [3.63, 3.8) is 0 Å². The van der Waals surface area contributed by atoms with Crippen LogP contribution in [0.25, 0.3) is 0 Å². The van der Waals surface area contributed by atoms with Crippen LogP contribution in [0.15, 0.2) is 18.2 Å². The highest BCUT2D eigenvalue weighted by molar-refractivity contribution is 5.50. The summed E-state index contributed by atoms with van der Waals surface area (Å²) in [5.41, 5.74) is 1.12. The zero-order valence-electron chi connectivity index (χ0n) is 12.1. The maximum atomic E-state index is 14.3. The van der Waals surface area contributed by atoms with Gasteiger partial charge in [0.25, 0.3) is 0 Å². The number of hydrogen-bond donors (Lipinski definition) is 2. The van der Waals surface area contributed by atoms with Crippen molar-refractivity contribution in [2.24, 2.45) is 0 Å². The molecule has 3 nitrogen and oxygen atoms in total. The Labute approximate surface area is 120 Å².